The smallest absolute Gasteiger partial charge is 0.129 e. The second-order valence-corrected chi connectivity index (χ2v) is 4.70. The van der Waals surface area contributed by atoms with E-state index in [-0.39, 0.29) is 12.0 Å². The summed E-state index contributed by atoms with van der Waals surface area (Å²) in [6.07, 6.45) is 0.478. The third kappa shape index (κ3) is 3.72. The zero-order valence-corrected chi connectivity index (χ0v) is 11.0. The van der Waals surface area contributed by atoms with Gasteiger partial charge in [0.1, 0.15) is 11.6 Å². The van der Waals surface area contributed by atoms with Gasteiger partial charge in [-0.15, -0.1) is 0 Å². The SMILES string of the molecule is COCCNCC1CCOC1c1cc(F)ccc1F. The van der Waals surface area contributed by atoms with E-state index in [1.807, 2.05) is 0 Å². The summed E-state index contributed by atoms with van der Waals surface area (Å²) in [6, 6.07) is 3.51. The average Bonchev–Trinajstić information content (AvgIpc) is 2.86. The molecule has 0 radical (unpaired) electrons. The van der Waals surface area contributed by atoms with Crippen LogP contribution in [-0.4, -0.2) is 33.4 Å². The van der Waals surface area contributed by atoms with Gasteiger partial charge < -0.3 is 14.8 Å². The molecule has 1 aromatic rings. The lowest BCUT2D eigenvalue weighted by atomic mass is 9.95. The summed E-state index contributed by atoms with van der Waals surface area (Å²) in [4.78, 5) is 0. The van der Waals surface area contributed by atoms with E-state index < -0.39 is 11.6 Å². The fourth-order valence-corrected chi connectivity index (χ4v) is 2.38. The van der Waals surface area contributed by atoms with Crippen molar-refractivity contribution in [2.75, 3.05) is 33.4 Å². The molecule has 0 aliphatic carbocycles. The average molecular weight is 271 g/mol. The van der Waals surface area contributed by atoms with Gasteiger partial charge in [-0.2, -0.15) is 0 Å². The van der Waals surface area contributed by atoms with Crippen LogP contribution in [0.1, 0.15) is 18.1 Å². The second kappa shape index (κ2) is 6.93. The van der Waals surface area contributed by atoms with Gasteiger partial charge in [0.2, 0.25) is 0 Å². The number of hydrogen-bond acceptors (Lipinski definition) is 3. The van der Waals surface area contributed by atoms with Crippen molar-refractivity contribution in [3.8, 4) is 0 Å². The summed E-state index contributed by atoms with van der Waals surface area (Å²) in [5.41, 5.74) is 0.316. The molecule has 2 unspecified atom stereocenters. The molecule has 0 bridgehead atoms. The number of hydrogen-bond donors (Lipinski definition) is 1. The van der Waals surface area contributed by atoms with Crippen LogP contribution in [0.5, 0.6) is 0 Å². The van der Waals surface area contributed by atoms with E-state index in [2.05, 4.69) is 5.32 Å². The number of nitrogens with one attached hydrogen (secondary N) is 1. The number of ether oxygens (including phenoxy) is 2. The Morgan fingerprint density at radius 1 is 1.42 bits per heavy atom. The number of methoxy groups -OCH3 is 1. The lowest BCUT2D eigenvalue weighted by Crippen LogP contribution is -2.28. The van der Waals surface area contributed by atoms with Crippen LogP contribution in [0.4, 0.5) is 8.78 Å². The van der Waals surface area contributed by atoms with Crippen LogP contribution in [0.15, 0.2) is 18.2 Å². The third-order valence-corrected chi connectivity index (χ3v) is 3.37. The van der Waals surface area contributed by atoms with Gasteiger partial charge in [0.25, 0.3) is 0 Å². The zero-order chi connectivity index (χ0) is 13.7. The maximum atomic E-state index is 13.8. The predicted octanol–water partition coefficient (Wildman–Crippen LogP) is 2.28. The molecule has 0 amide bonds. The normalized spacial score (nSPS) is 22.9. The van der Waals surface area contributed by atoms with Gasteiger partial charge >= 0.3 is 0 Å². The van der Waals surface area contributed by atoms with Crippen molar-refractivity contribution < 1.29 is 18.3 Å². The van der Waals surface area contributed by atoms with Gasteiger partial charge in [-0.3, -0.25) is 0 Å². The molecule has 1 aliphatic rings. The van der Waals surface area contributed by atoms with Gasteiger partial charge in [0.15, 0.2) is 0 Å². The Hall–Kier alpha value is -1.04. The molecule has 5 heteroatoms. The lowest BCUT2D eigenvalue weighted by Gasteiger charge is -2.20. The topological polar surface area (TPSA) is 30.5 Å². The molecule has 0 saturated carbocycles. The molecular formula is C14H19F2NO2. The first-order valence-corrected chi connectivity index (χ1v) is 6.48. The second-order valence-electron chi connectivity index (χ2n) is 4.70. The summed E-state index contributed by atoms with van der Waals surface area (Å²) >= 11 is 0. The quantitative estimate of drug-likeness (QED) is 0.805. The summed E-state index contributed by atoms with van der Waals surface area (Å²) in [6.45, 7) is 2.67. The van der Waals surface area contributed by atoms with Crippen LogP contribution in [0.2, 0.25) is 0 Å². The van der Waals surface area contributed by atoms with Crippen LogP contribution >= 0.6 is 0 Å². The van der Waals surface area contributed by atoms with Crippen LogP contribution in [0.3, 0.4) is 0 Å². The highest BCUT2D eigenvalue weighted by molar-refractivity contribution is 5.22. The van der Waals surface area contributed by atoms with Crippen LogP contribution < -0.4 is 5.32 Å². The predicted molar refractivity (Wildman–Crippen MR) is 67.9 cm³/mol. The molecule has 19 heavy (non-hydrogen) atoms. The molecule has 1 aliphatic heterocycles. The van der Waals surface area contributed by atoms with Crippen molar-refractivity contribution in [2.24, 2.45) is 5.92 Å². The monoisotopic (exact) mass is 271 g/mol. The van der Waals surface area contributed by atoms with Crippen LogP contribution in [0.25, 0.3) is 0 Å². The van der Waals surface area contributed by atoms with E-state index in [0.717, 1.165) is 25.1 Å². The molecule has 1 saturated heterocycles. The van der Waals surface area contributed by atoms with Crippen molar-refractivity contribution in [1.82, 2.24) is 5.32 Å². The zero-order valence-electron chi connectivity index (χ0n) is 11.0. The van der Waals surface area contributed by atoms with Gasteiger partial charge in [0, 0.05) is 38.3 Å². The summed E-state index contributed by atoms with van der Waals surface area (Å²) in [7, 11) is 1.64. The lowest BCUT2D eigenvalue weighted by molar-refractivity contribution is 0.0865. The largest absolute Gasteiger partial charge is 0.383 e. The first-order valence-electron chi connectivity index (χ1n) is 6.48. The first-order chi connectivity index (χ1) is 9.22. The van der Waals surface area contributed by atoms with E-state index in [9.17, 15) is 8.78 Å². The van der Waals surface area contributed by atoms with Gasteiger partial charge in [-0.25, -0.2) is 8.78 Å². The third-order valence-electron chi connectivity index (χ3n) is 3.37. The molecule has 3 nitrogen and oxygen atoms in total. The highest BCUT2D eigenvalue weighted by Crippen LogP contribution is 2.35. The maximum absolute atomic E-state index is 13.8. The minimum atomic E-state index is -0.432. The fraction of sp³-hybridized carbons (Fsp3) is 0.571. The number of rotatable bonds is 6. The fourth-order valence-electron chi connectivity index (χ4n) is 2.38. The highest BCUT2D eigenvalue weighted by Gasteiger charge is 2.31. The molecule has 106 valence electrons. The van der Waals surface area contributed by atoms with E-state index >= 15 is 0 Å². The van der Waals surface area contributed by atoms with Gasteiger partial charge in [0.05, 0.1) is 12.7 Å². The number of halogens is 2. The van der Waals surface area contributed by atoms with Crippen molar-refractivity contribution in [3.05, 3.63) is 35.4 Å². The molecule has 1 fully saturated rings. The van der Waals surface area contributed by atoms with E-state index in [4.69, 9.17) is 9.47 Å². The Balaban J connectivity index is 1.99. The van der Waals surface area contributed by atoms with Crippen molar-refractivity contribution in [2.45, 2.75) is 12.5 Å². The minimum Gasteiger partial charge on any atom is -0.383 e. The Kier molecular flexibility index (Phi) is 5.24. The van der Waals surface area contributed by atoms with E-state index in [1.54, 1.807) is 7.11 Å². The molecular weight excluding hydrogens is 252 g/mol. The van der Waals surface area contributed by atoms with E-state index in [0.29, 0.717) is 25.3 Å². The molecule has 0 spiro atoms. The van der Waals surface area contributed by atoms with Crippen molar-refractivity contribution in [3.63, 3.8) is 0 Å². The molecule has 1 N–H and O–H groups in total. The van der Waals surface area contributed by atoms with Gasteiger partial charge in [-0.05, 0) is 24.6 Å². The Morgan fingerprint density at radius 3 is 3.05 bits per heavy atom. The Morgan fingerprint density at radius 2 is 2.26 bits per heavy atom. The molecule has 0 aromatic heterocycles. The minimum absolute atomic E-state index is 0.160. The van der Waals surface area contributed by atoms with Crippen LogP contribution in [0, 0.1) is 17.6 Å². The van der Waals surface area contributed by atoms with Crippen molar-refractivity contribution >= 4 is 0 Å². The summed E-state index contributed by atoms with van der Waals surface area (Å²) < 4.78 is 37.5. The first kappa shape index (κ1) is 14.4. The van der Waals surface area contributed by atoms with E-state index in [1.165, 1.54) is 6.07 Å². The van der Waals surface area contributed by atoms with Crippen molar-refractivity contribution in [1.29, 1.82) is 0 Å². The Labute approximate surface area is 111 Å². The molecule has 1 aromatic carbocycles. The highest BCUT2D eigenvalue weighted by atomic mass is 19.1. The summed E-state index contributed by atoms with van der Waals surface area (Å²) in [5, 5.41) is 3.24. The molecule has 2 atom stereocenters. The maximum Gasteiger partial charge on any atom is 0.129 e. The van der Waals surface area contributed by atoms with Crippen LogP contribution in [-0.2, 0) is 9.47 Å². The Bertz CT molecular complexity index is 414. The summed E-state index contributed by atoms with van der Waals surface area (Å²) in [5.74, 6) is -0.679. The molecule has 1 heterocycles. The van der Waals surface area contributed by atoms with Gasteiger partial charge in [-0.1, -0.05) is 0 Å². The number of benzene rings is 1. The molecule has 2 rings (SSSR count). The standard InChI is InChI=1S/C14H19F2NO2/c1-18-7-5-17-9-10-4-6-19-14(10)12-8-11(15)2-3-13(12)16/h2-3,8,10,14,17H,4-7,9H2,1H3.